The molecule has 0 amide bonds. The molecule has 0 spiro atoms. The van der Waals surface area contributed by atoms with Gasteiger partial charge >= 0.3 is 0 Å². The van der Waals surface area contributed by atoms with E-state index in [0.29, 0.717) is 38.8 Å². The van der Waals surface area contributed by atoms with Gasteiger partial charge < -0.3 is 45.3 Å². The second-order valence-corrected chi connectivity index (χ2v) is 14.7. The van der Waals surface area contributed by atoms with Crippen molar-refractivity contribution in [2.45, 2.75) is 0 Å². The summed E-state index contributed by atoms with van der Waals surface area (Å²) in [7, 11) is 0. The van der Waals surface area contributed by atoms with E-state index >= 15 is 0 Å². The van der Waals surface area contributed by atoms with Crippen molar-refractivity contribution in [2.75, 3.05) is 0 Å². The van der Waals surface area contributed by atoms with Gasteiger partial charge in [0.1, 0.15) is 11.2 Å². The quantitative estimate of drug-likeness (QED) is 0.0493. The summed E-state index contributed by atoms with van der Waals surface area (Å²) in [6, 6.07) is 41.4. The van der Waals surface area contributed by atoms with Gasteiger partial charge in [0.2, 0.25) is 23.0 Å². The monoisotopic (exact) mass is 774 g/mol. The number of fused-ring (bicyclic) bond motifs is 9. The van der Waals surface area contributed by atoms with Crippen molar-refractivity contribution in [3.05, 3.63) is 133 Å². The fraction of sp³-hybridized carbons (Fsp3) is 0. The highest BCUT2D eigenvalue weighted by Gasteiger charge is 2.34. The SMILES string of the molecule is Oc1c(O)c(O)c2c(-c3cccc4ccccc34)c3c(O)c(O)c(O)c(O)c3c(-c3ccc4ccccc4c3-c3ccc4c(c3)oc3ccc5ccccc5c34)c2c1O. The summed E-state index contributed by atoms with van der Waals surface area (Å²) in [5, 5.41) is 98.6. The molecule has 0 bridgehead atoms. The van der Waals surface area contributed by atoms with E-state index in [1.54, 1.807) is 30.3 Å². The van der Waals surface area contributed by atoms with E-state index in [4.69, 9.17) is 4.42 Å². The predicted molar refractivity (Wildman–Crippen MR) is 231 cm³/mol. The molecular formula is C50H30O9. The third-order valence-electron chi connectivity index (χ3n) is 11.7. The second kappa shape index (κ2) is 12.1. The van der Waals surface area contributed by atoms with Crippen LogP contribution in [0.3, 0.4) is 0 Å². The number of benzene rings is 10. The van der Waals surface area contributed by atoms with Crippen LogP contribution in [-0.4, -0.2) is 40.9 Å². The number of hydrogen-bond donors (Lipinski definition) is 8. The summed E-state index contributed by atoms with van der Waals surface area (Å²) in [5.41, 5.74) is 3.12. The summed E-state index contributed by atoms with van der Waals surface area (Å²) >= 11 is 0. The molecule has 10 aromatic carbocycles. The van der Waals surface area contributed by atoms with Crippen LogP contribution in [0.1, 0.15) is 0 Å². The summed E-state index contributed by atoms with van der Waals surface area (Å²) < 4.78 is 6.48. The minimum Gasteiger partial charge on any atom is -0.504 e. The average molecular weight is 775 g/mol. The number of rotatable bonds is 3. The molecule has 1 aromatic heterocycles. The molecule has 0 saturated heterocycles. The zero-order valence-electron chi connectivity index (χ0n) is 30.7. The summed E-state index contributed by atoms with van der Waals surface area (Å²) in [6.45, 7) is 0. The van der Waals surface area contributed by atoms with Gasteiger partial charge in [-0.25, -0.2) is 0 Å². The van der Waals surface area contributed by atoms with E-state index in [1.807, 2.05) is 103 Å². The molecule has 9 heteroatoms. The lowest BCUT2D eigenvalue weighted by molar-refractivity contribution is 0.350. The number of aromatic hydroxyl groups is 8. The lowest BCUT2D eigenvalue weighted by Crippen LogP contribution is -1.97. The highest BCUT2D eigenvalue weighted by molar-refractivity contribution is 6.31. The van der Waals surface area contributed by atoms with Crippen LogP contribution in [0.4, 0.5) is 0 Å². The summed E-state index contributed by atoms with van der Waals surface area (Å²) in [5.74, 6) is -7.52. The molecule has 0 fully saturated rings. The third-order valence-corrected chi connectivity index (χ3v) is 11.7. The van der Waals surface area contributed by atoms with Gasteiger partial charge in [-0.3, -0.25) is 0 Å². The largest absolute Gasteiger partial charge is 0.504 e. The van der Waals surface area contributed by atoms with Crippen molar-refractivity contribution >= 4 is 75.8 Å². The van der Waals surface area contributed by atoms with Gasteiger partial charge in [-0.2, -0.15) is 0 Å². The molecule has 0 radical (unpaired) electrons. The molecule has 8 N–H and O–H groups in total. The molecule has 284 valence electrons. The molecule has 9 nitrogen and oxygen atoms in total. The topological polar surface area (TPSA) is 175 Å². The van der Waals surface area contributed by atoms with Gasteiger partial charge in [-0.1, -0.05) is 115 Å². The Morgan fingerprint density at radius 3 is 1.37 bits per heavy atom. The van der Waals surface area contributed by atoms with Crippen molar-refractivity contribution in [3.8, 4) is 79.4 Å². The average Bonchev–Trinajstić information content (AvgIpc) is 3.66. The Hall–Kier alpha value is -8.30. The number of hydrogen-bond acceptors (Lipinski definition) is 9. The maximum absolute atomic E-state index is 12.0. The van der Waals surface area contributed by atoms with Gasteiger partial charge in [-0.15, -0.1) is 0 Å². The van der Waals surface area contributed by atoms with Crippen LogP contribution in [-0.2, 0) is 0 Å². The van der Waals surface area contributed by atoms with E-state index in [-0.39, 0.29) is 32.7 Å². The molecule has 0 unspecified atom stereocenters. The van der Waals surface area contributed by atoms with Crippen LogP contribution in [0.25, 0.3) is 109 Å². The van der Waals surface area contributed by atoms with Gasteiger partial charge in [0, 0.05) is 43.4 Å². The lowest BCUT2D eigenvalue weighted by atomic mass is 9.80. The normalized spacial score (nSPS) is 11.9. The maximum atomic E-state index is 12.0. The van der Waals surface area contributed by atoms with Crippen LogP contribution in [0.2, 0.25) is 0 Å². The minimum atomic E-state index is -1.04. The highest BCUT2D eigenvalue weighted by Crippen LogP contribution is 2.63. The zero-order valence-corrected chi connectivity index (χ0v) is 30.7. The molecule has 11 rings (SSSR count). The Bertz CT molecular complexity index is 3570. The molecular weight excluding hydrogens is 745 g/mol. The van der Waals surface area contributed by atoms with Crippen LogP contribution < -0.4 is 0 Å². The van der Waals surface area contributed by atoms with E-state index in [9.17, 15) is 40.9 Å². The standard InChI is InChI=1S/C50H30O9/c51-43-39-37(30-15-7-11-23-8-1-4-12-27(23)30)40-42(46(54)50(58)48(56)44(40)52)38(41(39)45(53)49(57)47(43)55)32-20-16-24-9-2-5-13-28(24)35(32)26-17-19-31-34(22-26)59-33-21-18-25-10-3-6-14-29(25)36(31)33/h1-22,51-58H. The third kappa shape index (κ3) is 4.55. The Morgan fingerprint density at radius 2 is 0.763 bits per heavy atom. The Labute approximate surface area is 333 Å². The lowest BCUT2D eigenvalue weighted by Gasteiger charge is -2.24. The molecule has 0 atom stereocenters. The predicted octanol–water partition coefficient (Wildman–Crippen LogP) is 12.0. The van der Waals surface area contributed by atoms with Crippen molar-refractivity contribution < 1.29 is 45.3 Å². The zero-order chi connectivity index (χ0) is 40.4. The fourth-order valence-electron chi connectivity index (χ4n) is 9.09. The van der Waals surface area contributed by atoms with E-state index in [2.05, 4.69) is 0 Å². The first-order valence-corrected chi connectivity index (χ1v) is 18.7. The first-order valence-electron chi connectivity index (χ1n) is 18.7. The summed E-state index contributed by atoms with van der Waals surface area (Å²) in [6.07, 6.45) is 0. The van der Waals surface area contributed by atoms with Crippen LogP contribution in [0, 0.1) is 0 Å². The fourth-order valence-corrected chi connectivity index (χ4v) is 9.09. The molecule has 11 aromatic rings. The van der Waals surface area contributed by atoms with Crippen molar-refractivity contribution in [2.24, 2.45) is 0 Å². The van der Waals surface area contributed by atoms with Crippen molar-refractivity contribution in [1.29, 1.82) is 0 Å². The molecule has 0 aliphatic heterocycles. The molecule has 0 aliphatic rings. The molecule has 0 aliphatic carbocycles. The van der Waals surface area contributed by atoms with Gasteiger partial charge in [0.15, 0.2) is 23.0 Å². The van der Waals surface area contributed by atoms with Crippen LogP contribution >= 0.6 is 0 Å². The summed E-state index contributed by atoms with van der Waals surface area (Å²) in [4.78, 5) is 0. The first-order chi connectivity index (χ1) is 28.6. The Balaban J connectivity index is 1.36. The minimum absolute atomic E-state index is 0.0139. The van der Waals surface area contributed by atoms with Crippen molar-refractivity contribution in [3.63, 3.8) is 0 Å². The Kier molecular flexibility index (Phi) is 6.97. The van der Waals surface area contributed by atoms with Gasteiger partial charge in [-0.05, 0) is 72.8 Å². The number of phenols is 8. The second-order valence-electron chi connectivity index (χ2n) is 14.7. The van der Waals surface area contributed by atoms with E-state index in [0.717, 1.165) is 37.7 Å². The molecule has 1 heterocycles. The first kappa shape index (κ1) is 34.0. The molecule has 59 heavy (non-hydrogen) atoms. The van der Waals surface area contributed by atoms with E-state index in [1.165, 1.54) is 0 Å². The number of furan rings is 1. The number of phenolic OH excluding ortho intramolecular Hbond substituents is 8. The Morgan fingerprint density at radius 1 is 0.288 bits per heavy atom. The van der Waals surface area contributed by atoms with Crippen LogP contribution in [0.15, 0.2) is 138 Å². The van der Waals surface area contributed by atoms with Crippen molar-refractivity contribution in [1.82, 2.24) is 0 Å². The van der Waals surface area contributed by atoms with E-state index < -0.39 is 46.0 Å². The maximum Gasteiger partial charge on any atom is 0.204 e. The van der Waals surface area contributed by atoms with Crippen LogP contribution in [0.5, 0.6) is 46.0 Å². The van der Waals surface area contributed by atoms with Gasteiger partial charge in [0.05, 0.1) is 0 Å². The van der Waals surface area contributed by atoms with Gasteiger partial charge in [0.25, 0.3) is 0 Å². The smallest absolute Gasteiger partial charge is 0.204 e. The highest BCUT2D eigenvalue weighted by atomic mass is 16.4. The molecule has 0 saturated carbocycles.